The fraction of sp³-hybridized carbons (Fsp3) is 0.500. The molecule has 1 saturated heterocycles. The van der Waals surface area contributed by atoms with Gasteiger partial charge in [0.1, 0.15) is 11.6 Å². The van der Waals surface area contributed by atoms with E-state index in [0.29, 0.717) is 29.6 Å². The van der Waals surface area contributed by atoms with E-state index in [1.54, 1.807) is 11.1 Å². The number of ether oxygens (including phenoxy) is 1. The molecule has 3 atom stereocenters. The van der Waals surface area contributed by atoms with E-state index in [-0.39, 0.29) is 18.0 Å². The van der Waals surface area contributed by atoms with Crippen LogP contribution in [0.3, 0.4) is 0 Å². The van der Waals surface area contributed by atoms with Crippen LogP contribution in [0.25, 0.3) is 22.2 Å². The van der Waals surface area contributed by atoms with E-state index in [9.17, 15) is 9.59 Å². The molecule has 1 saturated carbocycles. The number of rotatable bonds is 5. The van der Waals surface area contributed by atoms with Gasteiger partial charge in [-0.3, -0.25) is 9.69 Å². The zero-order valence-corrected chi connectivity index (χ0v) is 22.8. The zero-order valence-electron chi connectivity index (χ0n) is 22.1. The van der Waals surface area contributed by atoms with Gasteiger partial charge in [-0.1, -0.05) is 29.8 Å². The SMILES string of the molecule is CC(C)(C)OC(=O)N1CCC[C@H]1C(=O)N[C@H]1CCC[C@@H](Nc2ncc(Cl)c(-c3c[nH]c4ccccc34)n2)C1. The standard InChI is InChI=1S/C28H35ClN6O3/c1-28(2,3)38-27(37)35-13-7-12-23(35)25(36)32-17-8-6-9-18(14-17)33-26-31-16-21(29)24(34-26)20-15-30-22-11-5-4-10-19(20)22/h4-5,10-11,15-18,23,30H,6-9,12-14H2,1-3H3,(H,32,36)(H,31,33,34)/t17-,18+,23-/m0/s1. The molecule has 1 aliphatic heterocycles. The van der Waals surface area contributed by atoms with Crippen LogP contribution in [-0.2, 0) is 9.53 Å². The van der Waals surface area contributed by atoms with Crippen LogP contribution in [0.5, 0.6) is 0 Å². The maximum absolute atomic E-state index is 13.2. The first-order valence-corrected chi connectivity index (χ1v) is 13.7. The highest BCUT2D eigenvalue weighted by Gasteiger charge is 2.37. The lowest BCUT2D eigenvalue weighted by Crippen LogP contribution is -2.51. The van der Waals surface area contributed by atoms with E-state index in [0.717, 1.165) is 48.6 Å². The number of nitrogens with one attached hydrogen (secondary N) is 3. The van der Waals surface area contributed by atoms with Crippen molar-refractivity contribution in [3.63, 3.8) is 0 Å². The lowest BCUT2D eigenvalue weighted by atomic mass is 9.90. The van der Waals surface area contributed by atoms with E-state index < -0.39 is 17.7 Å². The van der Waals surface area contributed by atoms with Crippen molar-refractivity contribution in [2.24, 2.45) is 0 Å². The fourth-order valence-corrected chi connectivity index (χ4v) is 5.60. The van der Waals surface area contributed by atoms with Gasteiger partial charge in [-0.15, -0.1) is 0 Å². The molecule has 3 heterocycles. The molecule has 2 fully saturated rings. The Labute approximate surface area is 227 Å². The Morgan fingerprint density at radius 3 is 2.74 bits per heavy atom. The molecule has 0 unspecified atom stereocenters. The van der Waals surface area contributed by atoms with Gasteiger partial charge in [0, 0.05) is 41.3 Å². The van der Waals surface area contributed by atoms with Gasteiger partial charge in [-0.2, -0.15) is 0 Å². The van der Waals surface area contributed by atoms with Crippen LogP contribution in [-0.4, -0.2) is 62.1 Å². The zero-order chi connectivity index (χ0) is 26.9. The van der Waals surface area contributed by atoms with E-state index in [1.165, 1.54) is 0 Å². The summed E-state index contributed by atoms with van der Waals surface area (Å²) in [6, 6.07) is 7.65. The van der Waals surface area contributed by atoms with E-state index >= 15 is 0 Å². The van der Waals surface area contributed by atoms with Crippen LogP contribution in [0, 0.1) is 0 Å². The quantitative estimate of drug-likeness (QED) is 0.394. The summed E-state index contributed by atoms with van der Waals surface area (Å²) in [5.74, 6) is 0.405. The average molecular weight is 539 g/mol. The Bertz CT molecular complexity index is 1320. The minimum absolute atomic E-state index is 0.00947. The first-order valence-electron chi connectivity index (χ1n) is 13.3. The van der Waals surface area contributed by atoms with Gasteiger partial charge in [0.25, 0.3) is 0 Å². The second-order valence-corrected chi connectivity index (χ2v) is 11.6. The number of anilines is 1. The predicted molar refractivity (Wildman–Crippen MR) is 148 cm³/mol. The van der Waals surface area contributed by atoms with Crippen LogP contribution in [0.15, 0.2) is 36.7 Å². The Hall–Kier alpha value is -3.33. The summed E-state index contributed by atoms with van der Waals surface area (Å²) < 4.78 is 5.52. The third-order valence-electron chi connectivity index (χ3n) is 7.13. The van der Waals surface area contributed by atoms with Crippen molar-refractivity contribution < 1.29 is 14.3 Å². The molecule has 10 heteroatoms. The molecule has 5 rings (SSSR count). The smallest absolute Gasteiger partial charge is 0.410 e. The number of H-pyrrole nitrogens is 1. The molecule has 0 spiro atoms. The maximum Gasteiger partial charge on any atom is 0.410 e. The van der Waals surface area contributed by atoms with E-state index in [1.807, 2.05) is 51.2 Å². The van der Waals surface area contributed by atoms with Crippen LogP contribution >= 0.6 is 11.6 Å². The highest BCUT2D eigenvalue weighted by atomic mass is 35.5. The molecule has 1 aliphatic carbocycles. The third kappa shape index (κ3) is 5.88. The topological polar surface area (TPSA) is 112 Å². The molecular weight excluding hydrogens is 504 g/mol. The molecule has 3 N–H and O–H groups in total. The van der Waals surface area contributed by atoms with Crippen molar-refractivity contribution in [3.05, 3.63) is 41.7 Å². The first kappa shape index (κ1) is 26.3. The van der Waals surface area contributed by atoms with Gasteiger partial charge in [0.05, 0.1) is 16.9 Å². The Kier molecular flexibility index (Phi) is 7.47. The van der Waals surface area contributed by atoms with Gasteiger partial charge in [0.2, 0.25) is 11.9 Å². The summed E-state index contributed by atoms with van der Waals surface area (Å²) in [5, 5.41) is 8.18. The second-order valence-electron chi connectivity index (χ2n) is 11.2. The third-order valence-corrected chi connectivity index (χ3v) is 7.40. The number of halogens is 1. The normalized spacial score (nSPS) is 21.9. The van der Waals surface area contributed by atoms with Gasteiger partial charge in [-0.25, -0.2) is 14.8 Å². The highest BCUT2D eigenvalue weighted by Crippen LogP contribution is 2.33. The number of hydrogen-bond donors (Lipinski definition) is 3. The van der Waals surface area contributed by atoms with Gasteiger partial charge >= 0.3 is 6.09 Å². The Morgan fingerprint density at radius 2 is 1.92 bits per heavy atom. The van der Waals surface area contributed by atoms with Crippen molar-refractivity contribution in [2.75, 3.05) is 11.9 Å². The van der Waals surface area contributed by atoms with Crippen LogP contribution in [0.1, 0.15) is 59.3 Å². The summed E-state index contributed by atoms with van der Waals surface area (Å²) in [5.41, 5.74) is 2.02. The van der Waals surface area contributed by atoms with Crippen LogP contribution < -0.4 is 10.6 Å². The molecule has 202 valence electrons. The number of aromatic amines is 1. The number of benzene rings is 1. The minimum atomic E-state index is -0.596. The molecule has 38 heavy (non-hydrogen) atoms. The van der Waals surface area contributed by atoms with Crippen molar-refractivity contribution in [1.29, 1.82) is 0 Å². The number of fused-ring (bicyclic) bond motifs is 1. The molecule has 2 amide bonds. The summed E-state index contributed by atoms with van der Waals surface area (Å²) in [4.78, 5) is 39.8. The second kappa shape index (κ2) is 10.8. The fourth-order valence-electron chi connectivity index (χ4n) is 5.40. The van der Waals surface area contributed by atoms with Crippen molar-refractivity contribution in [3.8, 4) is 11.3 Å². The number of nitrogens with zero attached hydrogens (tertiary/aromatic N) is 3. The van der Waals surface area contributed by atoms with E-state index in [4.69, 9.17) is 21.3 Å². The molecule has 0 bridgehead atoms. The van der Waals surface area contributed by atoms with Gasteiger partial charge in [-0.05, 0) is 65.4 Å². The summed E-state index contributed by atoms with van der Waals surface area (Å²) in [6.07, 6.45) is 8.11. The predicted octanol–water partition coefficient (Wildman–Crippen LogP) is 5.52. The van der Waals surface area contributed by atoms with Crippen molar-refractivity contribution >= 4 is 40.5 Å². The molecule has 9 nitrogen and oxygen atoms in total. The number of hydrogen-bond acceptors (Lipinski definition) is 6. The Morgan fingerprint density at radius 1 is 1.13 bits per heavy atom. The van der Waals surface area contributed by atoms with Crippen LogP contribution in [0.4, 0.5) is 10.7 Å². The molecule has 3 aromatic rings. The average Bonchev–Trinajstić information content (AvgIpc) is 3.52. The number of carbonyl (C=O) groups is 2. The molecule has 0 radical (unpaired) electrons. The number of carbonyl (C=O) groups excluding carboxylic acids is 2. The molecular formula is C28H35ClN6O3. The Balaban J connectivity index is 1.22. The van der Waals surface area contributed by atoms with Crippen molar-refractivity contribution in [1.82, 2.24) is 25.2 Å². The number of aromatic nitrogens is 3. The minimum Gasteiger partial charge on any atom is -0.444 e. The van der Waals surface area contributed by atoms with Crippen molar-refractivity contribution in [2.45, 2.75) is 83.0 Å². The first-order chi connectivity index (χ1) is 18.2. The molecule has 2 aromatic heterocycles. The summed E-state index contributed by atoms with van der Waals surface area (Å²) >= 11 is 6.49. The number of para-hydroxylation sites is 1. The lowest BCUT2D eigenvalue weighted by Gasteiger charge is -2.32. The largest absolute Gasteiger partial charge is 0.444 e. The van der Waals surface area contributed by atoms with Gasteiger partial charge < -0.3 is 20.4 Å². The maximum atomic E-state index is 13.2. The number of amides is 2. The monoisotopic (exact) mass is 538 g/mol. The van der Waals surface area contributed by atoms with Crippen LogP contribution in [0.2, 0.25) is 5.02 Å². The lowest BCUT2D eigenvalue weighted by molar-refractivity contribution is -0.126. The summed E-state index contributed by atoms with van der Waals surface area (Å²) in [6.45, 7) is 6.03. The summed E-state index contributed by atoms with van der Waals surface area (Å²) in [7, 11) is 0. The van der Waals surface area contributed by atoms with Gasteiger partial charge in [0.15, 0.2) is 0 Å². The molecule has 1 aromatic carbocycles. The number of likely N-dealkylation sites (tertiary alicyclic amines) is 1. The molecule has 2 aliphatic rings. The van der Waals surface area contributed by atoms with E-state index in [2.05, 4.69) is 20.6 Å². The highest BCUT2D eigenvalue weighted by molar-refractivity contribution is 6.33.